The van der Waals surface area contributed by atoms with E-state index in [9.17, 15) is 18.3 Å². The van der Waals surface area contributed by atoms with E-state index < -0.39 is 11.7 Å². The van der Waals surface area contributed by atoms with Gasteiger partial charge in [-0.3, -0.25) is 4.90 Å². The quantitative estimate of drug-likeness (QED) is 0.884. The van der Waals surface area contributed by atoms with Gasteiger partial charge in [0, 0.05) is 50.0 Å². The van der Waals surface area contributed by atoms with Crippen molar-refractivity contribution >= 4 is 5.69 Å². The van der Waals surface area contributed by atoms with E-state index in [-0.39, 0.29) is 12.5 Å². The number of rotatable bonds is 3. The number of phenolic OH excluding ortho intramolecular Hbond substituents is 1. The lowest BCUT2D eigenvalue weighted by atomic mass is 10.1. The lowest BCUT2D eigenvalue weighted by molar-refractivity contribution is -0.137. The molecule has 2 heterocycles. The van der Waals surface area contributed by atoms with Crippen molar-refractivity contribution < 1.29 is 27.8 Å². The topological polar surface area (TPSA) is 45.2 Å². The number of ether oxygens (including phenoxy) is 2. The van der Waals surface area contributed by atoms with Crippen LogP contribution in [0, 0.1) is 0 Å². The number of hydrogen-bond acceptors (Lipinski definition) is 5. The van der Waals surface area contributed by atoms with Crippen molar-refractivity contribution in [1.82, 2.24) is 4.90 Å². The normalized spacial score (nSPS) is 17.4. The molecule has 8 heteroatoms. The van der Waals surface area contributed by atoms with E-state index in [4.69, 9.17) is 9.47 Å². The molecule has 0 bridgehead atoms. The average Bonchev–Trinajstić information content (AvgIpc) is 3.09. The highest BCUT2D eigenvalue weighted by atomic mass is 19.4. The predicted octanol–water partition coefficient (Wildman–Crippen LogP) is 3.46. The molecule has 1 fully saturated rings. The number of benzene rings is 2. The van der Waals surface area contributed by atoms with Crippen LogP contribution in [0.5, 0.6) is 17.2 Å². The zero-order chi connectivity index (χ0) is 19.0. The van der Waals surface area contributed by atoms with Crippen LogP contribution in [0.25, 0.3) is 0 Å². The Morgan fingerprint density at radius 3 is 2.37 bits per heavy atom. The predicted molar refractivity (Wildman–Crippen MR) is 93.2 cm³/mol. The Hall–Kier alpha value is -2.61. The van der Waals surface area contributed by atoms with Crippen LogP contribution >= 0.6 is 0 Å². The standard InChI is InChI=1S/C19H19F3N2O3/c20-19(21,22)14-2-1-3-15(9-14)24-6-4-23(5-7-24)11-13-8-17-18(10-16(13)25)27-12-26-17/h1-3,8-10,25H,4-7,11-12H2. The van der Waals surface area contributed by atoms with E-state index in [1.165, 1.54) is 12.1 Å². The van der Waals surface area contributed by atoms with Gasteiger partial charge in [-0.05, 0) is 24.3 Å². The Bertz CT molecular complexity index is 833. The molecule has 0 aromatic heterocycles. The highest BCUT2D eigenvalue weighted by Crippen LogP contribution is 2.38. The number of piperazine rings is 1. The second-order valence-electron chi connectivity index (χ2n) is 6.65. The first-order valence-electron chi connectivity index (χ1n) is 8.66. The highest BCUT2D eigenvalue weighted by molar-refractivity contribution is 5.52. The van der Waals surface area contributed by atoms with E-state index in [0.29, 0.717) is 49.9 Å². The van der Waals surface area contributed by atoms with E-state index >= 15 is 0 Å². The maximum atomic E-state index is 12.9. The molecule has 0 amide bonds. The molecule has 2 aromatic carbocycles. The minimum Gasteiger partial charge on any atom is -0.507 e. The number of halogens is 3. The number of hydrogen-bond donors (Lipinski definition) is 1. The second-order valence-corrected chi connectivity index (χ2v) is 6.65. The van der Waals surface area contributed by atoms with Gasteiger partial charge in [0.1, 0.15) is 5.75 Å². The Labute approximate surface area is 154 Å². The first-order valence-corrected chi connectivity index (χ1v) is 8.66. The van der Waals surface area contributed by atoms with Crippen molar-refractivity contribution in [2.75, 3.05) is 37.9 Å². The number of phenols is 1. The molecule has 0 spiro atoms. The van der Waals surface area contributed by atoms with Gasteiger partial charge in [-0.15, -0.1) is 0 Å². The van der Waals surface area contributed by atoms with Gasteiger partial charge in [-0.2, -0.15) is 13.2 Å². The van der Waals surface area contributed by atoms with Gasteiger partial charge in [0.25, 0.3) is 0 Å². The third kappa shape index (κ3) is 3.75. The molecule has 0 atom stereocenters. The Kier molecular flexibility index (Phi) is 4.51. The maximum Gasteiger partial charge on any atom is 0.416 e. The van der Waals surface area contributed by atoms with Crippen molar-refractivity contribution in [2.45, 2.75) is 12.7 Å². The number of fused-ring (bicyclic) bond motifs is 1. The summed E-state index contributed by atoms with van der Waals surface area (Å²) in [6.07, 6.45) is -4.34. The van der Waals surface area contributed by atoms with E-state index in [2.05, 4.69) is 4.90 Å². The number of nitrogens with zero attached hydrogens (tertiary/aromatic N) is 2. The largest absolute Gasteiger partial charge is 0.507 e. The summed E-state index contributed by atoms with van der Waals surface area (Å²) >= 11 is 0. The Morgan fingerprint density at radius 2 is 1.67 bits per heavy atom. The third-order valence-electron chi connectivity index (χ3n) is 4.88. The van der Waals surface area contributed by atoms with E-state index in [1.54, 1.807) is 18.2 Å². The molecule has 2 aliphatic rings. The van der Waals surface area contributed by atoms with Gasteiger partial charge in [0.15, 0.2) is 11.5 Å². The number of aromatic hydroxyl groups is 1. The zero-order valence-electron chi connectivity index (χ0n) is 14.5. The van der Waals surface area contributed by atoms with E-state index in [1.807, 2.05) is 4.90 Å². The monoisotopic (exact) mass is 380 g/mol. The van der Waals surface area contributed by atoms with Crippen molar-refractivity contribution in [3.63, 3.8) is 0 Å². The summed E-state index contributed by atoms with van der Waals surface area (Å²) in [4.78, 5) is 4.10. The fourth-order valence-corrected chi connectivity index (χ4v) is 3.38. The van der Waals surface area contributed by atoms with Gasteiger partial charge in [0.05, 0.1) is 5.56 Å². The van der Waals surface area contributed by atoms with Crippen LogP contribution in [0.1, 0.15) is 11.1 Å². The molecule has 0 aliphatic carbocycles. The molecule has 4 rings (SSSR count). The summed E-state index contributed by atoms with van der Waals surface area (Å²) in [6, 6.07) is 8.75. The summed E-state index contributed by atoms with van der Waals surface area (Å²) < 4.78 is 49.3. The second kappa shape index (κ2) is 6.84. The smallest absolute Gasteiger partial charge is 0.416 e. The van der Waals surface area contributed by atoms with E-state index in [0.717, 1.165) is 11.6 Å². The summed E-state index contributed by atoms with van der Waals surface area (Å²) in [5, 5.41) is 10.2. The van der Waals surface area contributed by atoms with Crippen molar-refractivity contribution in [2.24, 2.45) is 0 Å². The first-order chi connectivity index (χ1) is 12.9. The first kappa shape index (κ1) is 17.8. The van der Waals surface area contributed by atoms with Gasteiger partial charge >= 0.3 is 6.18 Å². The fraction of sp³-hybridized carbons (Fsp3) is 0.368. The molecule has 0 radical (unpaired) electrons. The molecule has 0 saturated carbocycles. The molecule has 144 valence electrons. The van der Waals surface area contributed by atoms with Gasteiger partial charge in [-0.25, -0.2) is 0 Å². The molecule has 0 unspecified atom stereocenters. The molecule has 1 saturated heterocycles. The van der Waals surface area contributed by atoms with Crippen molar-refractivity contribution in [3.05, 3.63) is 47.5 Å². The van der Waals surface area contributed by atoms with Crippen LogP contribution in [0.3, 0.4) is 0 Å². The molecule has 5 nitrogen and oxygen atoms in total. The van der Waals surface area contributed by atoms with Crippen LogP contribution in [0.4, 0.5) is 18.9 Å². The van der Waals surface area contributed by atoms with Gasteiger partial charge in [-0.1, -0.05) is 6.07 Å². The van der Waals surface area contributed by atoms with Crippen LogP contribution in [-0.2, 0) is 12.7 Å². The number of alkyl halides is 3. The summed E-state index contributed by atoms with van der Waals surface area (Å²) in [5.74, 6) is 1.30. The summed E-state index contributed by atoms with van der Waals surface area (Å²) in [7, 11) is 0. The SMILES string of the molecule is Oc1cc2c(cc1CN1CCN(c3cccc(C(F)(F)F)c3)CC1)OCO2. The van der Waals surface area contributed by atoms with Crippen LogP contribution in [0.2, 0.25) is 0 Å². The lowest BCUT2D eigenvalue weighted by Crippen LogP contribution is -2.46. The van der Waals surface area contributed by atoms with Crippen molar-refractivity contribution in [3.8, 4) is 17.2 Å². The maximum absolute atomic E-state index is 12.9. The van der Waals surface area contributed by atoms with Gasteiger partial charge in [0.2, 0.25) is 6.79 Å². The fourth-order valence-electron chi connectivity index (χ4n) is 3.38. The minimum absolute atomic E-state index is 0.147. The summed E-state index contributed by atoms with van der Waals surface area (Å²) in [5.41, 5.74) is 0.690. The number of anilines is 1. The molecular weight excluding hydrogens is 361 g/mol. The van der Waals surface area contributed by atoms with Crippen LogP contribution in [-0.4, -0.2) is 43.0 Å². The van der Waals surface area contributed by atoms with Crippen LogP contribution < -0.4 is 14.4 Å². The molecule has 2 aromatic rings. The molecule has 2 aliphatic heterocycles. The Balaban J connectivity index is 1.40. The zero-order valence-corrected chi connectivity index (χ0v) is 14.5. The third-order valence-corrected chi connectivity index (χ3v) is 4.88. The molecular formula is C19H19F3N2O3. The lowest BCUT2D eigenvalue weighted by Gasteiger charge is -2.36. The average molecular weight is 380 g/mol. The highest BCUT2D eigenvalue weighted by Gasteiger charge is 2.31. The Morgan fingerprint density at radius 1 is 0.963 bits per heavy atom. The molecule has 1 N–H and O–H groups in total. The molecule has 27 heavy (non-hydrogen) atoms. The van der Waals surface area contributed by atoms with Crippen molar-refractivity contribution in [1.29, 1.82) is 0 Å². The van der Waals surface area contributed by atoms with Crippen LogP contribution in [0.15, 0.2) is 36.4 Å². The minimum atomic E-state index is -4.34. The van der Waals surface area contributed by atoms with Gasteiger partial charge < -0.3 is 19.5 Å². The summed E-state index contributed by atoms with van der Waals surface area (Å²) in [6.45, 7) is 3.29.